The minimum absolute atomic E-state index is 0.0319. The number of carbonyl (C=O) groups excluding carboxylic acids is 1. The summed E-state index contributed by atoms with van der Waals surface area (Å²) in [5, 5.41) is 6.80. The van der Waals surface area contributed by atoms with Crippen LogP contribution in [0.3, 0.4) is 0 Å². The molecule has 0 saturated carbocycles. The van der Waals surface area contributed by atoms with Crippen LogP contribution in [0.4, 0.5) is 5.69 Å². The van der Waals surface area contributed by atoms with Crippen LogP contribution >= 0.6 is 0 Å². The lowest BCUT2D eigenvalue weighted by Crippen LogP contribution is -2.29. The maximum Gasteiger partial charge on any atom is 0.343 e. The van der Waals surface area contributed by atoms with E-state index in [0.717, 1.165) is 29.7 Å². The van der Waals surface area contributed by atoms with Gasteiger partial charge in [-0.15, -0.1) is 0 Å². The predicted molar refractivity (Wildman–Crippen MR) is 137 cm³/mol. The molecule has 0 aliphatic heterocycles. The first kappa shape index (κ1) is 24.8. The Morgan fingerprint density at radius 1 is 1.19 bits per heavy atom. The van der Waals surface area contributed by atoms with E-state index in [1.54, 1.807) is 18.4 Å². The Morgan fingerprint density at radius 3 is 2.66 bits per heavy atom. The van der Waals surface area contributed by atoms with Crippen molar-refractivity contribution in [3.63, 3.8) is 0 Å². The van der Waals surface area contributed by atoms with Gasteiger partial charge >= 0.3 is 5.63 Å². The summed E-state index contributed by atoms with van der Waals surface area (Å²) in [7, 11) is 1.82. The fourth-order valence-electron chi connectivity index (χ4n) is 3.14. The van der Waals surface area contributed by atoms with E-state index in [-0.39, 0.29) is 11.5 Å². The molecule has 0 aliphatic rings. The molecule has 32 heavy (non-hydrogen) atoms. The summed E-state index contributed by atoms with van der Waals surface area (Å²) in [5.74, 6) is 0.0319. The second-order valence-electron chi connectivity index (χ2n) is 7.11. The van der Waals surface area contributed by atoms with Crippen molar-refractivity contribution in [2.45, 2.75) is 20.2 Å². The van der Waals surface area contributed by atoms with Gasteiger partial charge in [0.1, 0.15) is 13.4 Å². The molecule has 0 fully saturated rings. The van der Waals surface area contributed by atoms with Crippen LogP contribution in [0.5, 0.6) is 0 Å². The predicted octanol–water partition coefficient (Wildman–Crippen LogP) is 3.04. The van der Waals surface area contributed by atoms with E-state index in [1.807, 2.05) is 50.3 Å². The number of allylic oxidation sites excluding steroid dienone is 5. The molecule has 2 rings (SSSR count). The Labute approximate surface area is 190 Å². The third kappa shape index (κ3) is 7.34. The lowest BCUT2D eigenvalue weighted by atomic mass is 10.1. The third-order valence-corrected chi connectivity index (χ3v) is 4.95. The van der Waals surface area contributed by atoms with Crippen LogP contribution in [0.2, 0.25) is 6.32 Å². The van der Waals surface area contributed by atoms with E-state index < -0.39 is 0 Å². The molecule has 7 heteroatoms. The average molecular weight is 433 g/mol. The highest BCUT2D eigenvalue weighted by Gasteiger charge is 2.07. The number of carbonyl (C=O) groups is 1. The lowest BCUT2D eigenvalue weighted by molar-refractivity contribution is -0.118. The van der Waals surface area contributed by atoms with Gasteiger partial charge in [0, 0.05) is 43.3 Å². The summed E-state index contributed by atoms with van der Waals surface area (Å²) in [5.41, 5.74) is 2.58. The molecule has 0 radical (unpaired) electrons. The standard InChI is InChI=1S/C25H32BN3O3/c1-4-7-19(12-13-27-14-15-28-24(30)18-26)8-9-21-16-20-10-11-22(29(5-2)6-3)17-23(20)32-25(21)31/h4,7-13,16-17,27H,1,5-6,14-15,18,26H2,2-3H3,(H,28,30)/b9-8+,13-12-,19-7-. The van der Waals surface area contributed by atoms with Crippen molar-refractivity contribution >= 4 is 36.5 Å². The van der Waals surface area contributed by atoms with E-state index in [1.165, 1.54) is 0 Å². The lowest BCUT2D eigenvalue weighted by Gasteiger charge is -2.20. The zero-order chi connectivity index (χ0) is 23.3. The number of amides is 1. The second kappa shape index (κ2) is 13.0. The van der Waals surface area contributed by atoms with Crippen LogP contribution in [0.1, 0.15) is 19.4 Å². The smallest absolute Gasteiger partial charge is 0.343 e. The first-order valence-electron chi connectivity index (χ1n) is 11.0. The van der Waals surface area contributed by atoms with Gasteiger partial charge in [-0.05, 0) is 62.3 Å². The summed E-state index contributed by atoms with van der Waals surface area (Å²) >= 11 is 0. The van der Waals surface area contributed by atoms with Gasteiger partial charge in [0.15, 0.2) is 0 Å². The van der Waals surface area contributed by atoms with Crippen molar-refractivity contribution in [3.8, 4) is 0 Å². The minimum Gasteiger partial charge on any atom is -0.422 e. The number of hydrogen-bond donors (Lipinski definition) is 2. The summed E-state index contributed by atoms with van der Waals surface area (Å²) in [6.45, 7) is 10.9. The molecule has 1 aromatic heterocycles. The first-order valence-corrected chi connectivity index (χ1v) is 11.0. The Kier molecular flexibility index (Phi) is 10.1. The number of nitrogens with one attached hydrogen (secondary N) is 2. The highest BCUT2D eigenvalue weighted by atomic mass is 16.4. The van der Waals surface area contributed by atoms with E-state index in [0.29, 0.717) is 30.6 Å². The molecular weight excluding hydrogens is 401 g/mol. The molecule has 0 unspecified atom stereocenters. The van der Waals surface area contributed by atoms with Crippen LogP contribution in [0.15, 0.2) is 76.1 Å². The Morgan fingerprint density at radius 2 is 1.97 bits per heavy atom. The monoisotopic (exact) mass is 433 g/mol. The second-order valence-corrected chi connectivity index (χ2v) is 7.11. The third-order valence-electron chi connectivity index (χ3n) is 4.95. The van der Waals surface area contributed by atoms with Crippen molar-refractivity contribution in [3.05, 3.63) is 82.9 Å². The van der Waals surface area contributed by atoms with Gasteiger partial charge in [0.05, 0.1) is 5.56 Å². The van der Waals surface area contributed by atoms with Crippen molar-refractivity contribution < 1.29 is 9.21 Å². The van der Waals surface area contributed by atoms with Gasteiger partial charge in [0.25, 0.3) is 0 Å². The van der Waals surface area contributed by atoms with E-state index >= 15 is 0 Å². The number of nitrogens with zero attached hydrogens (tertiary/aromatic N) is 1. The topological polar surface area (TPSA) is 74.6 Å². The minimum atomic E-state index is -0.378. The van der Waals surface area contributed by atoms with Crippen LogP contribution in [-0.2, 0) is 4.79 Å². The molecule has 1 amide bonds. The zero-order valence-electron chi connectivity index (χ0n) is 19.2. The molecule has 0 aliphatic carbocycles. The SMILES string of the molecule is BCC(=O)NCCN\C=C/C(=C\C=C)/C=C/c1cc2ccc(N(CC)CC)cc2oc1=O. The van der Waals surface area contributed by atoms with Gasteiger partial charge in [-0.25, -0.2) is 4.79 Å². The maximum atomic E-state index is 12.5. The van der Waals surface area contributed by atoms with Crippen molar-refractivity contribution in [1.82, 2.24) is 10.6 Å². The number of benzene rings is 1. The highest BCUT2D eigenvalue weighted by Crippen LogP contribution is 2.22. The molecular formula is C25H32BN3O3. The molecule has 6 nitrogen and oxygen atoms in total. The van der Waals surface area contributed by atoms with Crippen LogP contribution in [-0.4, -0.2) is 39.9 Å². The molecule has 0 bridgehead atoms. The van der Waals surface area contributed by atoms with Crippen molar-refractivity contribution in [2.75, 3.05) is 31.1 Å². The van der Waals surface area contributed by atoms with E-state index in [9.17, 15) is 9.59 Å². The highest BCUT2D eigenvalue weighted by molar-refractivity contribution is 6.19. The molecule has 168 valence electrons. The van der Waals surface area contributed by atoms with Crippen LogP contribution < -0.4 is 21.2 Å². The molecule has 1 aromatic carbocycles. The van der Waals surface area contributed by atoms with Crippen LogP contribution in [0, 0.1) is 0 Å². The number of rotatable bonds is 12. The van der Waals surface area contributed by atoms with Gasteiger partial charge in [-0.3, -0.25) is 4.79 Å². The molecule has 0 saturated heterocycles. The first-order chi connectivity index (χ1) is 15.5. The van der Waals surface area contributed by atoms with Gasteiger partial charge in [0.2, 0.25) is 5.91 Å². The van der Waals surface area contributed by atoms with E-state index in [2.05, 4.69) is 36.0 Å². The summed E-state index contributed by atoms with van der Waals surface area (Å²) in [6, 6.07) is 7.78. The fraction of sp³-hybridized carbons (Fsp3) is 0.280. The van der Waals surface area contributed by atoms with Gasteiger partial charge < -0.3 is 20.0 Å². The van der Waals surface area contributed by atoms with Gasteiger partial charge in [-0.1, -0.05) is 24.8 Å². The fourth-order valence-corrected chi connectivity index (χ4v) is 3.14. The Balaban J connectivity index is 2.11. The summed E-state index contributed by atoms with van der Waals surface area (Å²) in [6.07, 6.45) is 11.3. The molecule has 0 spiro atoms. The maximum absolute atomic E-state index is 12.5. The van der Waals surface area contributed by atoms with Gasteiger partial charge in [-0.2, -0.15) is 0 Å². The number of fused-ring (bicyclic) bond motifs is 1. The zero-order valence-corrected chi connectivity index (χ0v) is 19.2. The van der Waals surface area contributed by atoms with Crippen molar-refractivity contribution in [1.29, 1.82) is 0 Å². The number of anilines is 1. The normalized spacial score (nSPS) is 11.9. The number of hydrogen-bond acceptors (Lipinski definition) is 5. The largest absolute Gasteiger partial charge is 0.422 e. The Hall–Kier alpha value is -3.48. The summed E-state index contributed by atoms with van der Waals surface area (Å²) in [4.78, 5) is 25.9. The Bertz CT molecular complexity index is 1070. The molecule has 2 aromatic rings. The molecule has 1 heterocycles. The molecule has 0 atom stereocenters. The van der Waals surface area contributed by atoms with E-state index in [4.69, 9.17) is 4.42 Å². The average Bonchev–Trinajstić information content (AvgIpc) is 2.80. The van der Waals surface area contributed by atoms with Crippen molar-refractivity contribution in [2.24, 2.45) is 0 Å². The quantitative estimate of drug-likeness (QED) is 0.233. The molecule has 2 N–H and O–H groups in total. The summed E-state index contributed by atoms with van der Waals surface area (Å²) < 4.78 is 5.58. The van der Waals surface area contributed by atoms with Crippen LogP contribution in [0.25, 0.3) is 17.0 Å².